The van der Waals surface area contributed by atoms with Crippen LogP contribution in [-0.4, -0.2) is 40.1 Å². The minimum Gasteiger partial charge on any atom is -0.481 e. The maximum atomic E-state index is 12.3. The fraction of sp³-hybridized carbons (Fsp3) is 0.467. The number of benzene rings is 1. The molecule has 120 valence electrons. The van der Waals surface area contributed by atoms with Gasteiger partial charge in [-0.3, -0.25) is 4.79 Å². The van der Waals surface area contributed by atoms with E-state index in [9.17, 15) is 14.7 Å². The molecule has 1 atom stereocenters. The number of carbonyl (C=O) groups excluding carboxylic acids is 1. The zero-order valence-corrected chi connectivity index (χ0v) is 14.6. The fourth-order valence-corrected chi connectivity index (χ4v) is 3.67. The lowest BCUT2D eigenvalue weighted by Crippen LogP contribution is -2.58. The quantitative estimate of drug-likeness (QED) is 0.811. The Balaban J connectivity index is 2.00. The highest BCUT2D eigenvalue weighted by molar-refractivity contribution is 9.10. The van der Waals surface area contributed by atoms with Gasteiger partial charge in [-0.25, -0.2) is 4.79 Å². The first-order valence-electron chi connectivity index (χ1n) is 6.98. The summed E-state index contributed by atoms with van der Waals surface area (Å²) in [6, 6.07) is 7.13. The lowest BCUT2D eigenvalue weighted by Gasteiger charge is -2.34. The molecule has 1 aromatic rings. The normalized spacial score (nSPS) is 18.3. The lowest BCUT2D eigenvalue weighted by atomic mass is 9.92. The number of hydrogen-bond acceptors (Lipinski definition) is 4. The average Bonchev–Trinajstić information content (AvgIpc) is 2.50. The maximum Gasteiger partial charge on any atom is 0.329 e. The third-order valence-electron chi connectivity index (χ3n) is 3.61. The van der Waals surface area contributed by atoms with Crippen molar-refractivity contribution in [3.05, 3.63) is 28.7 Å². The van der Waals surface area contributed by atoms with Gasteiger partial charge in [0.05, 0.1) is 0 Å². The molecule has 0 radical (unpaired) electrons. The van der Waals surface area contributed by atoms with Gasteiger partial charge in [-0.05, 0) is 55.5 Å². The predicted molar refractivity (Wildman–Crippen MR) is 89.3 cm³/mol. The first kappa shape index (κ1) is 17.1. The number of aliphatic carboxylic acids is 1. The molecule has 7 heteroatoms. The Morgan fingerprint density at radius 3 is 2.45 bits per heavy atom. The van der Waals surface area contributed by atoms with Gasteiger partial charge < -0.3 is 15.2 Å². The summed E-state index contributed by atoms with van der Waals surface area (Å²) in [5.41, 5.74) is -1.17. The molecule has 1 fully saturated rings. The Hall–Kier alpha value is -1.21. The molecule has 0 bridgehead atoms. The molecule has 1 aliphatic heterocycles. The molecular formula is C15H18BrNO4S. The summed E-state index contributed by atoms with van der Waals surface area (Å²) < 4.78 is 6.48. The van der Waals surface area contributed by atoms with E-state index in [0.717, 1.165) is 16.0 Å². The topological polar surface area (TPSA) is 75.6 Å². The molecule has 1 aliphatic rings. The molecule has 1 unspecified atom stereocenters. The Labute approximate surface area is 141 Å². The van der Waals surface area contributed by atoms with Crippen LogP contribution in [0.3, 0.4) is 0 Å². The van der Waals surface area contributed by atoms with E-state index in [4.69, 9.17) is 4.74 Å². The van der Waals surface area contributed by atoms with Gasteiger partial charge in [-0.1, -0.05) is 15.9 Å². The third kappa shape index (κ3) is 4.16. The van der Waals surface area contributed by atoms with Crippen molar-refractivity contribution in [3.8, 4) is 5.75 Å². The average molecular weight is 388 g/mol. The fourth-order valence-electron chi connectivity index (χ4n) is 2.22. The van der Waals surface area contributed by atoms with Crippen LogP contribution < -0.4 is 10.1 Å². The number of thioether (sulfide) groups is 1. The van der Waals surface area contributed by atoms with Crippen molar-refractivity contribution in [2.24, 2.45) is 0 Å². The number of nitrogens with one attached hydrogen (secondary N) is 1. The van der Waals surface area contributed by atoms with E-state index in [1.54, 1.807) is 30.8 Å². The monoisotopic (exact) mass is 387 g/mol. The van der Waals surface area contributed by atoms with Crippen LogP contribution in [0.5, 0.6) is 5.75 Å². The van der Waals surface area contributed by atoms with Gasteiger partial charge in [0.2, 0.25) is 0 Å². The molecule has 0 spiro atoms. The highest BCUT2D eigenvalue weighted by Gasteiger charge is 2.42. The van der Waals surface area contributed by atoms with Crippen molar-refractivity contribution in [3.63, 3.8) is 0 Å². The molecule has 5 nitrogen and oxygen atoms in total. The van der Waals surface area contributed by atoms with E-state index in [0.29, 0.717) is 18.6 Å². The van der Waals surface area contributed by atoms with Crippen molar-refractivity contribution < 1.29 is 19.4 Å². The first-order chi connectivity index (χ1) is 10.4. The minimum absolute atomic E-state index is 0.405. The predicted octanol–water partition coefficient (Wildman–Crippen LogP) is 2.68. The first-order valence-corrected chi connectivity index (χ1v) is 8.93. The van der Waals surface area contributed by atoms with Crippen LogP contribution >= 0.6 is 27.7 Å². The third-order valence-corrected chi connectivity index (χ3v) is 5.13. The number of ether oxygens (including phenoxy) is 1. The zero-order valence-electron chi connectivity index (χ0n) is 12.2. The van der Waals surface area contributed by atoms with Gasteiger partial charge in [0.1, 0.15) is 11.3 Å². The molecular weight excluding hydrogens is 370 g/mol. The molecule has 1 heterocycles. The van der Waals surface area contributed by atoms with Gasteiger partial charge in [-0.2, -0.15) is 11.8 Å². The second-order valence-corrected chi connectivity index (χ2v) is 7.34. The summed E-state index contributed by atoms with van der Waals surface area (Å²) in [6.07, 6.45) is 0.111. The van der Waals surface area contributed by atoms with Crippen molar-refractivity contribution >= 4 is 39.6 Å². The van der Waals surface area contributed by atoms with Crippen LogP contribution in [0.4, 0.5) is 0 Å². The van der Waals surface area contributed by atoms with E-state index in [1.807, 2.05) is 12.1 Å². The van der Waals surface area contributed by atoms with Crippen molar-refractivity contribution in [2.45, 2.75) is 31.4 Å². The van der Waals surface area contributed by atoms with Gasteiger partial charge in [-0.15, -0.1) is 0 Å². The van der Waals surface area contributed by atoms with Gasteiger partial charge in [0, 0.05) is 4.47 Å². The molecule has 0 saturated carbocycles. The second-order valence-electron chi connectivity index (χ2n) is 5.20. The Morgan fingerprint density at radius 2 is 1.91 bits per heavy atom. The second kappa shape index (κ2) is 7.37. The van der Waals surface area contributed by atoms with E-state index in [-0.39, 0.29) is 0 Å². The Bertz CT molecular complexity index is 543. The highest BCUT2D eigenvalue weighted by atomic mass is 79.9. The molecule has 0 aliphatic carbocycles. The molecule has 1 saturated heterocycles. The zero-order chi connectivity index (χ0) is 16.2. The van der Waals surface area contributed by atoms with Crippen molar-refractivity contribution in [1.82, 2.24) is 5.32 Å². The van der Waals surface area contributed by atoms with Crippen LogP contribution in [-0.2, 0) is 9.59 Å². The molecule has 0 aromatic heterocycles. The summed E-state index contributed by atoms with van der Waals surface area (Å²) in [5, 5.41) is 12.1. The number of hydrogen-bond donors (Lipinski definition) is 2. The smallest absolute Gasteiger partial charge is 0.329 e. The number of amides is 1. The van der Waals surface area contributed by atoms with Crippen molar-refractivity contribution in [2.75, 3.05) is 11.5 Å². The lowest BCUT2D eigenvalue weighted by molar-refractivity contribution is -0.149. The molecule has 2 rings (SSSR count). The summed E-state index contributed by atoms with van der Waals surface area (Å²) in [4.78, 5) is 23.8. The van der Waals surface area contributed by atoms with E-state index in [1.165, 1.54) is 0 Å². The Morgan fingerprint density at radius 1 is 1.32 bits per heavy atom. The molecule has 1 aromatic carbocycles. The summed E-state index contributed by atoms with van der Waals surface area (Å²) in [6.45, 7) is 1.62. The van der Waals surface area contributed by atoms with Gasteiger partial charge in [0.15, 0.2) is 6.10 Å². The van der Waals surface area contributed by atoms with Gasteiger partial charge in [0.25, 0.3) is 5.91 Å². The molecule has 22 heavy (non-hydrogen) atoms. The highest BCUT2D eigenvalue weighted by Crippen LogP contribution is 2.27. The van der Waals surface area contributed by atoms with E-state index in [2.05, 4.69) is 21.2 Å². The molecule has 1 amide bonds. The summed E-state index contributed by atoms with van der Waals surface area (Å²) in [7, 11) is 0. The van der Waals surface area contributed by atoms with Crippen LogP contribution in [0.15, 0.2) is 28.7 Å². The van der Waals surface area contributed by atoms with Gasteiger partial charge >= 0.3 is 5.97 Å². The number of carbonyl (C=O) groups is 2. The summed E-state index contributed by atoms with van der Waals surface area (Å²) in [5.74, 6) is 0.645. The van der Waals surface area contributed by atoms with E-state index >= 15 is 0 Å². The largest absolute Gasteiger partial charge is 0.481 e. The van der Waals surface area contributed by atoms with Crippen LogP contribution in [0.1, 0.15) is 19.8 Å². The Kier molecular flexibility index (Phi) is 5.74. The SMILES string of the molecule is CC(Oc1ccc(Br)cc1)C(=O)NC1(C(=O)O)CCSCC1. The minimum atomic E-state index is -1.17. The van der Waals surface area contributed by atoms with Crippen LogP contribution in [0, 0.1) is 0 Å². The van der Waals surface area contributed by atoms with Crippen LogP contribution in [0.2, 0.25) is 0 Å². The number of carboxylic acids is 1. The van der Waals surface area contributed by atoms with E-state index < -0.39 is 23.5 Å². The summed E-state index contributed by atoms with van der Waals surface area (Å²) >= 11 is 5.03. The maximum absolute atomic E-state index is 12.3. The number of rotatable bonds is 5. The van der Waals surface area contributed by atoms with Crippen LogP contribution in [0.25, 0.3) is 0 Å². The standard InChI is InChI=1S/C15H18BrNO4S/c1-10(21-12-4-2-11(16)3-5-12)13(18)17-15(14(19)20)6-8-22-9-7-15/h2-5,10H,6-9H2,1H3,(H,17,18)(H,19,20). The van der Waals surface area contributed by atoms with Crippen molar-refractivity contribution in [1.29, 1.82) is 0 Å². The number of halogens is 1. The number of carboxylic acid groups (broad SMARTS) is 1. The molecule has 2 N–H and O–H groups in total.